The number of benzene rings is 1. The van der Waals surface area contributed by atoms with Crippen molar-refractivity contribution in [2.24, 2.45) is 0 Å². The zero-order valence-corrected chi connectivity index (χ0v) is 10.3. The monoisotopic (exact) mass is 231 g/mol. The number of aromatic nitrogens is 2. The molecule has 1 atom stereocenters. The van der Waals surface area contributed by atoms with Crippen LogP contribution in [0.15, 0.2) is 30.5 Å². The van der Waals surface area contributed by atoms with Gasteiger partial charge in [0.15, 0.2) is 0 Å². The fourth-order valence-corrected chi connectivity index (χ4v) is 1.79. The molecule has 0 amide bonds. The van der Waals surface area contributed by atoms with Gasteiger partial charge in [-0.1, -0.05) is 12.1 Å². The van der Waals surface area contributed by atoms with Gasteiger partial charge in [0.25, 0.3) is 0 Å². The minimum atomic E-state index is 0.259. The van der Waals surface area contributed by atoms with E-state index in [-0.39, 0.29) is 6.04 Å². The topological polar surface area (TPSA) is 49.9 Å². The van der Waals surface area contributed by atoms with Gasteiger partial charge in [-0.05, 0) is 26.1 Å². The minimum Gasteiger partial charge on any atom is -0.497 e. The van der Waals surface area contributed by atoms with Crippen molar-refractivity contribution in [1.82, 2.24) is 15.5 Å². The lowest BCUT2D eigenvalue weighted by Crippen LogP contribution is -2.12. The highest BCUT2D eigenvalue weighted by atomic mass is 16.5. The Labute approximate surface area is 101 Å². The van der Waals surface area contributed by atoms with E-state index in [0.29, 0.717) is 0 Å². The van der Waals surface area contributed by atoms with Crippen LogP contribution >= 0.6 is 0 Å². The second-order valence-electron chi connectivity index (χ2n) is 3.94. The molecular formula is C13H17N3O. The van der Waals surface area contributed by atoms with Crippen LogP contribution in [0.2, 0.25) is 0 Å². The van der Waals surface area contributed by atoms with E-state index in [4.69, 9.17) is 4.74 Å². The highest BCUT2D eigenvalue weighted by Crippen LogP contribution is 2.28. The number of nitrogens with one attached hydrogen (secondary N) is 2. The maximum absolute atomic E-state index is 5.23. The molecule has 90 valence electrons. The number of methoxy groups -OCH3 is 1. The fourth-order valence-electron chi connectivity index (χ4n) is 1.79. The number of hydrogen-bond donors (Lipinski definition) is 2. The molecule has 1 aromatic heterocycles. The zero-order valence-electron chi connectivity index (χ0n) is 10.3. The normalized spacial score (nSPS) is 12.4. The van der Waals surface area contributed by atoms with Crippen LogP contribution in [0.1, 0.15) is 18.5 Å². The lowest BCUT2D eigenvalue weighted by molar-refractivity contribution is 0.415. The summed E-state index contributed by atoms with van der Waals surface area (Å²) in [6.07, 6.45) is 1.86. The lowest BCUT2D eigenvalue weighted by atomic mass is 10.0. The van der Waals surface area contributed by atoms with E-state index in [0.717, 1.165) is 22.6 Å². The SMILES string of the molecule is CNC(C)c1cn[nH]c1-c1cccc(OC)c1. The summed E-state index contributed by atoms with van der Waals surface area (Å²) in [5, 5.41) is 10.4. The Morgan fingerprint density at radius 3 is 2.94 bits per heavy atom. The summed E-state index contributed by atoms with van der Waals surface area (Å²) in [6, 6.07) is 8.21. The van der Waals surface area contributed by atoms with Gasteiger partial charge in [-0.2, -0.15) is 5.10 Å². The first-order valence-corrected chi connectivity index (χ1v) is 5.61. The second-order valence-corrected chi connectivity index (χ2v) is 3.94. The Morgan fingerprint density at radius 1 is 1.41 bits per heavy atom. The predicted octanol–water partition coefficient (Wildman–Crippen LogP) is 2.37. The van der Waals surface area contributed by atoms with Crippen molar-refractivity contribution in [3.05, 3.63) is 36.0 Å². The van der Waals surface area contributed by atoms with Crippen LogP contribution in [-0.4, -0.2) is 24.4 Å². The van der Waals surface area contributed by atoms with E-state index < -0.39 is 0 Å². The highest BCUT2D eigenvalue weighted by Gasteiger charge is 2.12. The third-order valence-corrected chi connectivity index (χ3v) is 2.93. The van der Waals surface area contributed by atoms with Crippen LogP contribution in [0.25, 0.3) is 11.3 Å². The smallest absolute Gasteiger partial charge is 0.119 e. The average molecular weight is 231 g/mol. The molecule has 17 heavy (non-hydrogen) atoms. The molecule has 0 radical (unpaired) electrons. The Bertz CT molecular complexity index is 493. The molecule has 0 aliphatic rings. The van der Waals surface area contributed by atoms with Crippen LogP contribution in [-0.2, 0) is 0 Å². The van der Waals surface area contributed by atoms with Gasteiger partial charge in [0, 0.05) is 17.2 Å². The third-order valence-electron chi connectivity index (χ3n) is 2.93. The molecular weight excluding hydrogens is 214 g/mol. The van der Waals surface area contributed by atoms with Crippen molar-refractivity contribution in [2.45, 2.75) is 13.0 Å². The zero-order chi connectivity index (χ0) is 12.3. The van der Waals surface area contributed by atoms with Gasteiger partial charge in [0.2, 0.25) is 0 Å². The summed E-state index contributed by atoms with van der Waals surface area (Å²) in [4.78, 5) is 0. The summed E-state index contributed by atoms with van der Waals surface area (Å²) in [6.45, 7) is 2.11. The molecule has 0 saturated heterocycles. The van der Waals surface area contributed by atoms with Gasteiger partial charge in [0.1, 0.15) is 5.75 Å². The van der Waals surface area contributed by atoms with Crippen molar-refractivity contribution >= 4 is 0 Å². The third kappa shape index (κ3) is 2.31. The first kappa shape index (κ1) is 11.7. The summed E-state index contributed by atoms with van der Waals surface area (Å²) >= 11 is 0. The van der Waals surface area contributed by atoms with E-state index in [1.807, 2.05) is 37.5 Å². The van der Waals surface area contributed by atoms with Crippen molar-refractivity contribution in [3.8, 4) is 17.0 Å². The van der Waals surface area contributed by atoms with Crippen LogP contribution in [0, 0.1) is 0 Å². The maximum atomic E-state index is 5.23. The van der Waals surface area contributed by atoms with Gasteiger partial charge in [0.05, 0.1) is 19.0 Å². The molecule has 0 fully saturated rings. The van der Waals surface area contributed by atoms with Crippen molar-refractivity contribution in [2.75, 3.05) is 14.2 Å². The molecule has 2 N–H and O–H groups in total. The summed E-state index contributed by atoms with van der Waals surface area (Å²) in [5.41, 5.74) is 3.27. The molecule has 2 aromatic rings. The van der Waals surface area contributed by atoms with Crippen LogP contribution < -0.4 is 10.1 Å². The number of aromatic amines is 1. The van der Waals surface area contributed by atoms with Crippen LogP contribution in [0.5, 0.6) is 5.75 Å². The van der Waals surface area contributed by atoms with E-state index >= 15 is 0 Å². The van der Waals surface area contributed by atoms with Crippen molar-refractivity contribution in [1.29, 1.82) is 0 Å². The lowest BCUT2D eigenvalue weighted by Gasteiger charge is -2.11. The molecule has 4 heteroatoms. The predicted molar refractivity (Wildman–Crippen MR) is 68.1 cm³/mol. The number of ether oxygens (including phenoxy) is 1. The van der Waals surface area contributed by atoms with Gasteiger partial charge in [-0.3, -0.25) is 5.10 Å². The molecule has 0 bridgehead atoms. The minimum absolute atomic E-state index is 0.259. The molecule has 1 heterocycles. The highest BCUT2D eigenvalue weighted by molar-refractivity contribution is 5.64. The molecule has 0 spiro atoms. The summed E-state index contributed by atoms with van der Waals surface area (Å²) in [5.74, 6) is 0.847. The van der Waals surface area contributed by atoms with E-state index in [2.05, 4.69) is 22.4 Å². The molecule has 4 nitrogen and oxygen atoms in total. The maximum Gasteiger partial charge on any atom is 0.119 e. The van der Waals surface area contributed by atoms with Crippen LogP contribution in [0.3, 0.4) is 0 Å². The van der Waals surface area contributed by atoms with Gasteiger partial charge in [-0.25, -0.2) is 0 Å². The van der Waals surface area contributed by atoms with Crippen LogP contribution in [0.4, 0.5) is 0 Å². The van der Waals surface area contributed by atoms with Crippen molar-refractivity contribution in [3.63, 3.8) is 0 Å². The Morgan fingerprint density at radius 2 is 2.24 bits per heavy atom. The van der Waals surface area contributed by atoms with Gasteiger partial charge >= 0.3 is 0 Å². The standard InChI is InChI=1S/C13H17N3O/c1-9(14-2)12-8-15-16-13(12)10-5-4-6-11(7-10)17-3/h4-9,14H,1-3H3,(H,15,16). The van der Waals surface area contributed by atoms with Crippen molar-refractivity contribution < 1.29 is 4.74 Å². The van der Waals surface area contributed by atoms with E-state index in [1.165, 1.54) is 0 Å². The Hall–Kier alpha value is -1.81. The largest absolute Gasteiger partial charge is 0.497 e. The molecule has 1 aromatic carbocycles. The number of hydrogen-bond acceptors (Lipinski definition) is 3. The Kier molecular flexibility index (Phi) is 3.44. The summed E-state index contributed by atoms with van der Waals surface area (Å²) < 4.78 is 5.23. The first-order valence-electron chi connectivity index (χ1n) is 5.61. The number of rotatable bonds is 4. The van der Waals surface area contributed by atoms with Gasteiger partial charge < -0.3 is 10.1 Å². The van der Waals surface area contributed by atoms with E-state index in [1.54, 1.807) is 7.11 Å². The summed E-state index contributed by atoms with van der Waals surface area (Å²) in [7, 11) is 3.61. The number of H-pyrrole nitrogens is 1. The molecule has 1 unspecified atom stereocenters. The van der Waals surface area contributed by atoms with E-state index in [9.17, 15) is 0 Å². The quantitative estimate of drug-likeness (QED) is 0.849. The first-order chi connectivity index (χ1) is 8.26. The average Bonchev–Trinajstić information content (AvgIpc) is 2.87. The molecule has 2 rings (SSSR count). The second kappa shape index (κ2) is 5.01. The van der Waals surface area contributed by atoms with Gasteiger partial charge in [-0.15, -0.1) is 0 Å². The Balaban J connectivity index is 2.42. The molecule has 0 aliphatic carbocycles. The molecule has 0 saturated carbocycles. The fraction of sp³-hybridized carbons (Fsp3) is 0.308. The molecule has 0 aliphatic heterocycles. The number of nitrogens with zero attached hydrogens (tertiary/aromatic N) is 1.